The molecule has 0 unspecified atom stereocenters. The van der Waals surface area contributed by atoms with Gasteiger partial charge in [-0.15, -0.1) is 0 Å². The minimum absolute atomic E-state index is 0.222. The fraction of sp³-hybridized carbons (Fsp3) is 0.500. The first-order valence-electron chi connectivity index (χ1n) is 5.18. The van der Waals surface area contributed by atoms with E-state index in [1.807, 2.05) is 18.7 Å². The smallest absolute Gasteiger partial charge is 0.150 e. The number of nitrogens with two attached hydrogens (primary N) is 1. The van der Waals surface area contributed by atoms with Crippen LogP contribution in [-0.2, 0) is 0 Å². The molecule has 88 valence electrons. The van der Waals surface area contributed by atoms with Crippen LogP contribution in [0.25, 0.3) is 0 Å². The number of hydrogen-bond donors (Lipinski definition) is 2. The predicted molar refractivity (Wildman–Crippen MR) is 62.7 cm³/mol. The molecule has 0 aliphatic carbocycles. The second-order valence-electron chi connectivity index (χ2n) is 3.39. The van der Waals surface area contributed by atoms with Crippen LogP contribution in [-0.4, -0.2) is 34.1 Å². The highest BCUT2D eigenvalue weighted by Crippen LogP contribution is 2.13. The van der Waals surface area contributed by atoms with Crippen molar-refractivity contribution in [2.75, 3.05) is 18.0 Å². The number of rotatable bonds is 5. The summed E-state index contributed by atoms with van der Waals surface area (Å²) in [4.78, 5) is 10.5. The topological polar surface area (TPSA) is 87.6 Å². The largest absolute Gasteiger partial charge is 0.409 e. The molecular formula is C10H17N5O. The van der Waals surface area contributed by atoms with Crippen LogP contribution in [0.5, 0.6) is 0 Å². The lowest BCUT2D eigenvalue weighted by Gasteiger charge is -2.22. The van der Waals surface area contributed by atoms with Crippen molar-refractivity contribution < 1.29 is 5.21 Å². The van der Waals surface area contributed by atoms with Gasteiger partial charge in [-0.1, -0.05) is 5.16 Å². The van der Waals surface area contributed by atoms with E-state index in [0.29, 0.717) is 13.0 Å². The number of anilines is 1. The lowest BCUT2D eigenvalue weighted by Crippen LogP contribution is -2.29. The van der Waals surface area contributed by atoms with Crippen LogP contribution >= 0.6 is 0 Å². The molecule has 0 radical (unpaired) electrons. The standard InChI is InChI=1S/C10H17N5O/c1-3-15(7-4-9(11)14-16)10-8(2)12-5-6-13-10/h5-6,16H,3-4,7H2,1-2H3,(H2,11,14). The van der Waals surface area contributed by atoms with Crippen LogP contribution in [0.3, 0.4) is 0 Å². The van der Waals surface area contributed by atoms with E-state index in [-0.39, 0.29) is 5.84 Å². The number of hydrogen-bond acceptors (Lipinski definition) is 5. The summed E-state index contributed by atoms with van der Waals surface area (Å²) in [6.07, 6.45) is 3.82. The minimum Gasteiger partial charge on any atom is -0.409 e. The number of amidine groups is 1. The molecule has 6 heteroatoms. The van der Waals surface area contributed by atoms with Gasteiger partial charge in [-0.25, -0.2) is 4.98 Å². The number of aryl methyl sites for hydroxylation is 1. The van der Waals surface area contributed by atoms with Crippen LogP contribution in [0.1, 0.15) is 19.0 Å². The van der Waals surface area contributed by atoms with Crippen molar-refractivity contribution in [3.8, 4) is 0 Å². The molecular weight excluding hydrogens is 206 g/mol. The van der Waals surface area contributed by atoms with E-state index < -0.39 is 0 Å². The summed E-state index contributed by atoms with van der Waals surface area (Å²) in [6.45, 7) is 5.40. The van der Waals surface area contributed by atoms with E-state index >= 15 is 0 Å². The molecule has 0 spiro atoms. The molecule has 0 aliphatic rings. The first kappa shape index (κ1) is 12.2. The minimum atomic E-state index is 0.222. The number of nitrogens with zero attached hydrogens (tertiary/aromatic N) is 4. The first-order chi connectivity index (χ1) is 7.69. The van der Waals surface area contributed by atoms with Gasteiger partial charge in [0.1, 0.15) is 11.7 Å². The lowest BCUT2D eigenvalue weighted by molar-refractivity contribution is 0.317. The number of aromatic nitrogens is 2. The van der Waals surface area contributed by atoms with Crippen molar-refractivity contribution in [3.63, 3.8) is 0 Å². The lowest BCUT2D eigenvalue weighted by atomic mass is 10.3. The predicted octanol–water partition coefficient (Wildman–Crippen LogP) is 0.748. The third-order valence-corrected chi connectivity index (χ3v) is 2.30. The van der Waals surface area contributed by atoms with Crippen molar-refractivity contribution >= 4 is 11.7 Å². The zero-order chi connectivity index (χ0) is 12.0. The van der Waals surface area contributed by atoms with Crippen LogP contribution in [0.4, 0.5) is 5.82 Å². The van der Waals surface area contributed by atoms with Gasteiger partial charge < -0.3 is 15.8 Å². The van der Waals surface area contributed by atoms with Crippen LogP contribution in [0.2, 0.25) is 0 Å². The summed E-state index contributed by atoms with van der Waals surface area (Å²) in [5.41, 5.74) is 6.31. The van der Waals surface area contributed by atoms with E-state index in [9.17, 15) is 0 Å². The second-order valence-corrected chi connectivity index (χ2v) is 3.39. The Balaban J connectivity index is 2.71. The van der Waals surface area contributed by atoms with Gasteiger partial charge in [0.05, 0.1) is 5.69 Å². The third kappa shape index (κ3) is 3.08. The molecule has 0 aliphatic heterocycles. The molecule has 0 fully saturated rings. The van der Waals surface area contributed by atoms with Crippen molar-refractivity contribution in [3.05, 3.63) is 18.1 Å². The van der Waals surface area contributed by atoms with Crippen LogP contribution < -0.4 is 10.6 Å². The fourth-order valence-electron chi connectivity index (χ4n) is 1.42. The van der Waals surface area contributed by atoms with Crippen LogP contribution in [0, 0.1) is 6.92 Å². The maximum Gasteiger partial charge on any atom is 0.150 e. The van der Waals surface area contributed by atoms with Gasteiger partial charge in [0, 0.05) is 31.9 Å². The summed E-state index contributed by atoms with van der Waals surface area (Å²) >= 11 is 0. The maximum absolute atomic E-state index is 8.46. The molecule has 6 nitrogen and oxygen atoms in total. The van der Waals surface area contributed by atoms with Crippen molar-refractivity contribution in [2.45, 2.75) is 20.3 Å². The summed E-state index contributed by atoms with van der Waals surface area (Å²) in [5, 5.41) is 11.4. The van der Waals surface area contributed by atoms with Crippen LogP contribution in [0.15, 0.2) is 17.5 Å². The van der Waals surface area contributed by atoms with Crippen molar-refractivity contribution in [2.24, 2.45) is 10.9 Å². The Morgan fingerprint density at radius 2 is 2.19 bits per heavy atom. The highest BCUT2D eigenvalue weighted by molar-refractivity contribution is 5.80. The maximum atomic E-state index is 8.46. The molecule has 0 saturated heterocycles. The average Bonchev–Trinajstić information content (AvgIpc) is 2.31. The summed E-state index contributed by atoms with van der Waals surface area (Å²) < 4.78 is 0. The van der Waals surface area contributed by atoms with Gasteiger partial charge in [0.2, 0.25) is 0 Å². The Hall–Kier alpha value is -1.85. The van der Waals surface area contributed by atoms with E-state index in [4.69, 9.17) is 10.9 Å². The van der Waals surface area contributed by atoms with E-state index in [0.717, 1.165) is 18.1 Å². The normalized spacial score (nSPS) is 11.5. The van der Waals surface area contributed by atoms with E-state index in [2.05, 4.69) is 15.1 Å². The zero-order valence-electron chi connectivity index (χ0n) is 9.59. The van der Waals surface area contributed by atoms with Gasteiger partial charge in [-0.05, 0) is 13.8 Å². The molecule has 0 saturated carbocycles. The quantitative estimate of drug-likeness (QED) is 0.333. The molecule has 0 bridgehead atoms. The van der Waals surface area contributed by atoms with Gasteiger partial charge in [0.15, 0.2) is 0 Å². The SMILES string of the molecule is CCN(CCC(N)=NO)c1nccnc1C. The molecule has 1 rings (SSSR count). The highest BCUT2D eigenvalue weighted by Gasteiger charge is 2.09. The first-order valence-corrected chi connectivity index (χ1v) is 5.18. The Labute approximate surface area is 94.8 Å². The Bertz CT molecular complexity index is 366. The Morgan fingerprint density at radius 1 is 1.50 bits per heavy atom. The van der Waals surface area contributed by atoms with Gasteiger partial charge >= 0.3 is 0 Å². The molecule has 1 aromatic heterocycles. The molecule has 0 aromatic carbocycles. The van der Waals surface area contributed by atoms with E-state index in [1.54, 1.807) is 12.4 Å². The third-order valence-electron chi connectivity index (χ3n) is 2.30. The van der Waals surface area contributed by atoms with Crippen molar-refractivity contribution in [1.82, 2.24) is 9.97 Å². The van der Waals surface area contributed by atoms with E-state index in [1.165, 1.54) is 0 Å². The van der Waals surface area contributed by atoms with Gasteiger partial charge in [-0.3, -0.25) is 4.98 Å². The van der Waals surface area contributed by atoms with Crippen molar-refractivity contribution in [1.29, 1.82) is 0 Å². The molecule has 1 aromatic rings. The second kappa shape index (κ2) is 5.89. The Kier molecular flexibility index (Phi) is 4.50. The molecule has 1 heterocycles. The Morgan fingerprint density at radius 3 is 2.75 bits per heavy atom. The molecule has 16 heavy (non-hydrogen) atoms. The average molecular weight is 223 g/mol. The zero-order valence-corrected chi connectivity index (χ0v) is 9.59. The summed E-state index contributed by atoms with van der Waals surface area (Å²) in [7, 11) is 0. The van der Waals surface area contributed by atoms with Gasteiger partial charge in [-0.2, -0.15) is 0 Å². The summed E-state index contributed by atoms with van der Waals surface area (Å²) in [5.74, 6) is 1.07. The molecule has 0 amide bonds. The van der Waals surface area contributed by atoms with Gasteiger partial charge in [0.25, 0.3) is 0 Å². The monoisotopic (exact) mass is 223 g/mol. The highest BCUT2D eigenvalue weighted by atomic mass is 16.4. The summed E-state index contributed by atoms with van der Waals surface area (Å²) in [6, 6.07) is 0. The number of oxime groups is 1. The fourth-order valence-corrected chi connectivity index (χ4v) is 1.42. The molecule has 3 N–H and O–H groups in total. The molecule has 0 atom stereocenters.